The quantitative estimate of drug-likeness (QED) is 0.777. The minimum Gasteiger partial charge on any atom is -0.492 e. The molecule has 0 radical (unpaired) electrons. The van der Waals surface area contributed by atoms with Crippen molar-refractivity contribution in [1.82, 2.24) is 9.80 Å². The van der Waals surface area contributed by atoms with Crippen LogP contribution in [0.15, 0.2) is 24.3 Å². The van der Waals surface area contributed by atoms with Crippen LogP contribution < -0.4 is 10.5 Å². The van der Waals surface area contributed by atoms with Gasteiger partial charge >= 0.3 is 0 Å². The fraction of sp³-hybridized carbons (Fsp3) is 0.562. The minimum absolute atomic E-state index is 0.388. The van der Waals surface area contributed by atoms with E-state index in [-0.39, 0.29) is 0 Å². The van der Waals surface area contributed by atoms with Gasteiger partial charge < -0.3 is 15.4 Å². The summed E-state index contributed by atoms with van der Waals surface area (Å²) < 4.78 is 5.85. The third-order valence-corrected chi connectivity index (χ3v) is 4.04. The average Bonchev–Trinajstić information content (AvgIpc) is 2.50. The summed E-state index contributed by atoms with van der Waals surface area (Å²) in [5.74, 6) is 0.787. The maximum absolute atomic E-state index is 5.85. The van der Waals surface area contributed by atoms with Crippen molar-refractivity contribution in [3.63, 3.8) is 0 Å². The van der Waals surface area contributed by atoms with Crippen LogP contribution in [0, 0.1) is 0 Å². The molecule has 0 spiro atoms. The van der Waals surface area contributed by atoms with Gasteiger partial charge in [-0.1, -0.05) is 31.3 Å². The lowest BCUT2D eigenvalue weighted by Gasteiger charge is -2.34. The Bertz CT molecular complexity index is 459. The third-order valence-electron chi connectivity index (χ3n) is 3.82. The van der Waals surface area contributed by atoms with Gasteiger partial charge in [0.1, 0.15) is 17.3 Å². The molecule has 21 heavy (non-hydrogen) atoms. The Morgan fingerprint density at radius 2 is 1.76 bits per heavy atom. The first kappa shape index (κ1) is 16.2. The molecule has 1 aromatic rings. The molecule has 0 amide bonds. The molecule has 0 atom stereocenters. The minimum atomic E-state index is 0.388. The highest BCUT2D eigenvalue weighted by Crippen LogP contribution is 2.17. The van der Waals surface area contributed by atoms with Gasteiger partial charge in [-0.15, -0.1) is 0 Å². The van der Waals surface area contributed by atoms with E-state index in [1.165, 1.54) is 13.0 Å². The Morgan fingerprint density at radius 3 is 2.38 bits per heavy atom. The molecule has 0 bridgehead atoms. The second kappa shape index (κ2) is 8.32. The highest BCUT2D eigenvalue weighted by atomic mass is 32.1. The van der Waals surface area contributed by atoms with Gasteiger partial charge in [0.05, 0.1) is 5.56 Å². The highest BCUT2D eigenvalue weighted by Gasteiger charge is 2.15. The van der Waals surface area contributed by atoms with E-state index < -0.39 is 0 Å². The SMILES string of the molecule is CCCN1CCN(CCOc2ccccc2C(N)=S)CC1. The molecule has 0 aromatic heterocycles. The zero-order valence-corrected chi connectivity index (χ0v) is 13.6. The van der Waals surface area contributed by atoms with E-state index in [0.29, 0.717) is 11.6 Å². The van der Waals surface area contributed by atoms with Crippen LogP contribution in [0.1, 0.15) is 18.9 Å². The lowest BCUT2D eigenvalue weighted by Crippen LogP contribution is -2.47. The first-order valence-electron chi connectivity index (χ1n) is 7.67. The Balaban J connectivity index is 1.74. The van der Waals surface area contributed by atoms with Gasteiger partial charge in [-0.2, -0.15) is 0 Å². The zero-order chi connectivity index (χ0) is 15.1. The van der Waals surface area contributed by atoms with E-state index in [1.807, 2.05) is 24.3 Å². The van der Waals surface area contributed by atoms with Crippen LogP contribution in [0.4, 0.5) is 0 Å². The maximum Gasteiger partial charge on any atom is 0.129 e. The topological polar surface area (TPSA) is 41.7 Å². The molecule has 2 N–H and O–H groups in total. The lowest BCUT2D eigenvalue weighted by atomic mass is 10.2. The van der Waals surface area contributed by atoms with Gasteiger partial charge in [0, 0.05) is 32.7 Å². The van der Waals surface area contributed by atoms with Crippen molar-refractivity contribution in [2.24, 2.45) is 5.73 Å². The van der Waals surface area contributed by atoms with E-state index >= 15 is 0 Å². The number of rotatable bonds is 7. The van der Waals surface area contributed by atoms with Crippen LogP contribution >= 0.6 is 12.2 Å². The fourth-order valence-electron chi connectivity index (χ4n) is 2.63. The van der Waals surface area contributed by atoms with Crippen LogP contribution in [0.5, 0.6) is 5.75 Å². The van der Waals surface area contributed by atoms with Crippen LogP contribution in [-0.4, -0.2) is 60.7 Å². The molecule has 4 nitrogen and oxygen atoms in total. The molecule has 0 aliphatic carbocycles. The third kappa shape index (κ3) is 4.95. The van der Waals surface area contributed by atoms with Crippen molar-refractivity contribution in [2.75, 3.05) is 45.9 Å². The first-order valence-corrected chi connectivity index (χ1v) is 8.08. The molecule has 1 aliphatic rings. The van der Waals surface area contributed by atoms with Crippen molar-refractivity contribution < 1.29 is 4.74 Å². The molecule has 116 valence electrons. The molecule has 5 heteroatoms. The van der Waals surface area contributed by atoms with Crippen molar-refractivity contribution in [3.8, 4) is 5.75 Å². The van der Waals surface area contributed by atoms with Gasteiger partial charge in [-0.3, -0.25) is 4.90 Å². The number of piperazine rings is 1. The summed E-state index contributed by atoms with van der Waals surface area (Å²) in [7, 11) is 0. The van der Waals surface area contributed by atoms with Gasteiger partial charge in [0.25, 0.3) is 0 Å². The van der Waals surface area contributed by atoms with Crippen LogP contribution in [0.25, 0.3) is 0 Å². The number of ether oxygens (including phenoxy) is 1. The number of para-hydroxylation sites is 1. The Kier molecular flexibility index (Phi) is 6.42. The molecule has 2 rings (SSSR count). The molecule has 1 aliphatic heterocycles. The predicted molar refractivity (Wildman–Crippen MR) is 91.0 cm³/mol. The summed E-state index contributed by atoms with van der Waals surface area (Å²) in [5, 5.41) is 0. The summed E-state index contributed by atoms with van der Waals surface area (Å²) in [5.41, 5.74) is 6.53. The Labute approximate surface area is 132 Å². The fourth-order valence-corrected chi connectivity index (χ4v) is 2.80. The normalized spacial score (nSPS) is 16.8. The highest BCUT2D eigenvalue weighted by molar-refractivity contribution is 7.80. The van der Waals surface area contributed by atoms with Crippen LogP contribution in [0.3, 0.4) is 0 Å². The van der Waals surface area contributed by atoms with Crippen molar-refractivity contribution in [1.29, 1.82) is 0 Å². The average molecular weight is 307 g/mol. The van der Waals surface area contributed by atoms with Crippen molar-refractivity contribution in [3.05, 3.63) is 29.8 Å². The van der Waals surface area contributed by atoms with Gasteiger partial charge in [0.2, 0.25) is 0 Å². The van der Waals surface area contributed by atoms with Crippen LogP contribution in [0.2, 0.25) is 0 Å². The van der Waals surface area contributed by atoms with E-state index in [0.717, 1.165) is 44.0 Å². The van der Waals surface area contributed by atoms with E-state index in [9.17, 15) is 0 Å². The Hall–Kier alpha value is -1.17. The second-order valence-electron chi connectivity index (χ2n) is 5.39. The lowest BCUT2D eigenvalue weighted by molar-refractivity contribution is 0.117. The smallest absolute Gasteiger partial charge is 0.129 e. The molecule has 0 unspecified atom stereocenters. The van der Waals surface area contributed by atoms with Crippen molar-refractivity contribution >= 4 is 17.2 Å². The second-order valence-corrected chi connectivity index (χ2v) is 5.83. The molecular formula is C16H25N3OS. The number of benzene rings is 1. The van der Waals surface area contributed by atoms with Gasteiger partial charge in [-0.25, -0.2) is 0 Å². The van der Waals surface area contributed by atoms with Crippen LogP contribution in [-0.2, 0) is 0 Å². The number of hydrogen-bond acceptors (Lipinski definition) is 4. The van der Waals surface area contributed by atoms with Crippen molar-refractivity contribution in [2.45, 2.75) is 13.3 Å². The number of nitrogens with two attached hydrogens (primary N) is 1. The summed E-state index contributed by atoms with van der Waals surface area (Å²) in [6.07, 6.45) is 1.24. The molecular weight excluding hydrogens is 282 g/mol. The number of thiocarbonyl (C=S) groups is 1. The maximum atomic E-state index is 5.85. The molecule has 0 saturated carbocycles. The van der Waals surface area contributed by atoms with E-state index in [2.05, 4.69) is 16.7 Å². The molecule has 1 fully saturated rings. The first-order chi connectivity index (χ1) is 10.2. The van der Waals surface area contributed by atoms with E-state index in [4.69, 9.17) is 22.7 Å². The predicted octanol–water partition coefficient (Wildman–Crippen LogP) is 1.73. The molecule has 1 aromatic carbocycles. The van der Waals surface area contributed by atoms with E-state index in [1.54, 1.807) is 0 Å². The summed E-state index contributed by atoms with van der Waals surface area (Å²) in [6.45, 7) is 9.65. The number of nitrogens with zero attached hydrogens (tertiary/aromatic N) is 2. The standard InChI is InChI=1S/C16H25N3OS/c1-2-7-18-8-10-19(11-9-18)12-13-20-15-6-4-3-5-14(15)16(17)21/h3-6H,2,7-13H2,1H3,(H2,17,21). The van der Waals surface area contributed by atoms with Gasteiger partial charge in [-0.05, 0) is 25.1 Å². The number of hydrogen-bond donors (Lipinski definition) is 1. The summed E-state index contributed by atoms with van der Waals surface area (Å²) in [4.78, 5) is 5.37. The summed E-state index contributed by atoms with van der Waals surface area (Å²) in [6, 6.07) is 7.70. The summed E-state index contributed by atoms with van der Waals surface area (Å²) >= 11 is 5.04. The molecule has 1 saturated heterocycles. The monoisotopic (exact) mass is 307 g/mol. The molecule has 1 heterocycles. The Morgan fingerprint density at radius 1 is 1.14 bits per heavy atom. The zero-order valence-electron chi connectivity index (χ0n) is 12.8. The largest absolute Gasteiger partial charge is 0.492 e. The van der Waals surface area contributed by atoms with Gasteiger partial charge in [0.15, 0.2) is 0 Å².